The molecule has 0 saturated carbocycles. The molecule has 1 aliphatic rings. The molecular formula is C21H27NO3S. The molecule has 0 saturated heterocycles. The molecule has 0 unspecified atom stereocenters. The van der Waals surface area contributed by atoms with Crippen molar-refractivity contribution in [3.8, 4) is 17.2 Å². The van der Waals surface area contributed by atoms with E-state index in [1.54, 1.807) is 21.3 Å². The van der Waals surface area contributed by atoms with Gasteiger partial charge in [-0.15, -0.1) is 11.8 Å². The number of fused-ring (bicyclic) bond motifs is 1. The minimum absolute atomic E-state index is 0.340. The van der Waals surface area contributed by atoms with Gasteiger partial charge in [0.1, 0.15) is 0 Å². The van der Waals surface area contributed by atoms with Gasteiger partial charge in [-0.3, -0.25) is 0 Å². The maximum Gasteiger partial charge on any atom is 0.203 e. The number of hydrogen-bond donors (Lipinski definition) is 0. The molecule has 0 radical (unpaired) electrons. The molecule has 5 heteroatoms. The van der Waals surface area contributed by atoms with Gasteiger partial charge in [-0.1, -0.05) is 19.1 Å². The van der Waals surface area contributed by atoms with Crippen molar-refractivity contribution >= 4 is 17.4 Å². The lowest BCUT2D eigenvalue weighted by Gasteiger charge is -2.23. The molecule has 0 N–H and O–H groups in total. The Bertz CT molecular complexity index is 725. The third-order valence-corrected chi connectivity index (χ3v) is 6.08. The van der Waals surface area contributed by atoms with Crippen LogP contribution in [0.2, 0.25) is 0 Å². The lowest BCUT2D eigenvalue weighted by molar-refractivity contribution is 0.323. The molecule has 140 valence electrons. The summed E-state index contributed by atoms with van der Waals surface area (Å²) in [5.74, 6) is 2.07. The van der Waals surface area contributed by atoms with Crippen molar-refractivity contribution in [3.63, 3.8) is 0 Å². The summed E-state index contributed by atoms with van der Waals surface area (Å²) in [4.78, 5) is 3.83. The molecule has 3 rings (SSSR count). The van der Waals surface area contributed by atoms with E-state index >= 15 is 0 Å². The molecule has 0 fully saturated rings. The van der Waals surface area contributed by atoms with Crippen molar-refractivity contribution in [2.24, 2.45) is 0 Å². The lowest BCUT2D eigenvalue weighted by Crippen LogP contribution is -2.25. The Labute approximate surface area is 160 Å². The number of para-hydroxylation sites is 1. The summed E-state index contributed by atoms with van der Waals surface area (Å²) >= 11 is 1.92. The van der Waals surface area contributed by atoms with Gasteiger partial charge in [0.05, 0.1) is 27.0 Å². The van der Waals surface area contributed by atoms with E-state index in [1.165, 1.54) is 16.1 Å². The lowest BCUT2D eigenvalue weighted by atomic mass is 10.1. The van der Waals surface area contributed by atoms with E-state index < -0.39 is 0 Å². The number of hydrogen-bond acceptors (Lipinski definition) is 5. The van der Waals surface area contributed by atoms with Crippen molar-refractivity contribution in [2.75, 3.05) is 39.3 Å². The summed E-state index contributed by atoms with van der Waals surface area (Å²) in [7, 11) is 4.97. The highest BCUT2D eigenvalue weighted by Crippen LogP contribution is 2.48. The summed E-state index contributed by atoms with van der Waals surface area (Å²) in [6.45, 7) is 4.36. The van der Waals surface area contributed by atoms with Crippen LogP contribution in [0.1, 0.15) is 30.6 Å². The Morgan fingerprint density at radius 3 is 2.35 bits per heavy atom. The second kappa shape index (κ2) is 8.58. The van der Waals surface area contributed by atoms with E-state index in [1.807, 2.05) is 11.8 Å². The summed E-state index contributed by atoms with van der Waals surface area (Å²) in [6, 6.07) is 12.9. The molecule has 2 aromatic carbocycles. The normalized spacial score (nSPS) is 16.6. The van der Waals surface area contributed by atoms with Crippen LogP contribution in [0.15, 0.2) is 41.3 Å². The Kier molecular flexibility index (Phi) is 6.20. The molecule has 2 aromatic rings. The first-order valence-corrected chi connectivity index (χ1v) is 9.90. The average Bonchev–Trinajstić information content (AvgIpc) is 2.87. The molecule has 0 amide bonds. The Morgan fingerprint density at radius 2 is 1.73 bits per heavy atom. The SMILES string of the molecule is CCCN1CC[C@@H](c2cc(OC)c(OC)c(OC)c2)Sc2ccccc21. The van der Waals surface area contributed by atoms with E-state index in [0.29, 0.717) is 22.5 Å². The zero-order valence-electron chi connectivity index (χ0n) is 16.0. The van der Waals surface area contributed by atoms with Crippen LogP contribution >= 0.6 is 11.8 Å². The van der Waals surface area contributed by atoms with Crippen LogP contribution in [0.3, 0.4) is 0 Å². The molecule has 26 heavy (non-hydrogen) atoms. The Balaban J connectivity index is 1.98. The van der Waals surface area contributed by atoms with Crippen LogP contribution in [0, 0.1) is 0 Å². The van der Waals surface area contributed by atoms with Gasteiger partial charge < -0.3 is 19.1 Å². The van der Waals surface area contributed by atoms with Gasteiger partial charge in [0.15, 0.2) is 11.5 Å². The highest BCUT2D eigenvalue weighted by molar-refractivity contribution is 7.99. The number of benzene rings is 2. The van der Waals surface area contributed by atoms with Crippen molar-refractivity contribution < 1.29 is 14.2 Å². The Morgan fingerprint density at radius 1 is 1.04 bits per heavy atom. The van der Waals surface area contributed by atoms with Crippen LogP contribution in [0.4, 0.5) is 5.69 Å². The highest BCUT2D eigenvalue weighted by atomic mass is 32.2. The van der Waals surface area contributed by atoms with Crippen LogP contribution in [0.5, 0.6) is 17.2 Å². The van der Waals surface area contributed by atoms with Crippen molar-refractivity contribution in [1.82, 2.24) is 0 Å². The van der Waals surface area contributed by atoms with Crippen LogP contribution in [-0.2, 0) is 0 Å². The fourth-order valence-corrected chi connectivity index (χ4v) is 4.72. The van der Waals surface area contributed by atoms with Crippen molar-refractivity contribution in [1.29, 1.82) is 0 Å². The van der Waals surface area contributed by atoms with Crippen molar-refractivity contribution in [2.45, 2.75) is 29.9 Å². The average molecular weight is 374 g/mol. The molecule has 0 bridgehead atoms. The first-order chi connectivity index (χ1) is 12.7. The fourth-order valence-electron chi connectivity index (χ4n) is 3.45. The van der Waals surface area contributed by atoms with E-state index in [0.717, 1.165) is 25.9 Å². The third kappa shape index (κ3) is 3.73. The fraction of sp³-hybridized carbons (Fsp3) is 0.429. The van der Waals surface area contributed by atoms with Gasteiger partial charge in [0.25, 0.3) is 0 Å². The van der Waals surface area contributed by atoms with Gasteiger partial charge in [-0.25, -0.2) is 0 Å². The summed E-state index contributed by atoms with van der Waals surface area (Å²) in [5.41, 5.74) is 2.55. The zero-order chi connectivity index (χ0) is 18.5. The molecule has 1 heterocycles. The molecule has 4 nitrogen and oxygen atoms in total. The van der Waals surface area contributed by atoms with E-state index in [4.69, 9.17) is 14.2 Å². The number of thioether (sulfide) groups is 1. The smallest absolute Gasteiger partial charge is 0.203 e. The maximum absolute atomic E-state index is 5.55. The zero-order valence-corrected chi connectivity index (χ0v) is 16.8. The molecule has 0 spiro atoms. The van der Waals surface area contributed by atoms with E-state index in [9.17, 15) is 0 Å². The number of anilines is 1. The first kappa shape index (κ1) is 18.8. The number of rotatable bonds is 6. The molecular weight excluding hydrogens is 346 g/mol. The van der Waals surface area contributed by atoms with Crippen molar-refractivity contribution in [3.05, 3.63) is 42.0 Å². The first-order valence-electron chi connectivity index (χ1n) is 9.02. The minimum Gasteiger partial charge on any atom is -0.493 e. The number of ether oxygens (including phenoxy) is 3. The molecule has 0 aromatic heterocycles. The Hall–Kier alpha value is -2.01. The standard InChI is InChI=1S/C21H27NO3S/c1-5-11-22-12-10-19(26-20-9-7-6-8-16(20)22)15-13-17(23-2)21(25-4)18(14-15)24-3/h6-9,13-14,19H,5,10-12H2,1-4H3/t19-/m0/s1. The van der Waals surface area contributed by atoms with Gasteiger partial charge in [-0.05, 0) is 42.7 Å². The van der Waals surface area contributed by atoms with Gasteiger partial charge >= 0.3 is 0 Å². The van der Waals surface area contributed by atoms with Gasteiger partial charge in [0.2, 0.25) is 5.75 Å². The second-order valence-electron chi connectivity index (χ2n) is 6.31. The quantitative estimate of drug-likeness (QED) is 0.697. The topological polar surface area (TPSA) is 30.9 Å². The second-order valence-corrected chi connectivity index (χ2v) is 7.55. The molecule has 0 aliphatic carbocycles. The van der Waals surface area contributed by atoms with Gasteiger partial charge in [0, 0.05) is 23.2 Å². The summed E-state index contributed by atoms with van der Waals surface area (Å²) in [5, 5.41) is 0.340. The van der Waals surface area contributed by atoms with Crippen LogP contribution in [-0.4, -0.2) is 34.4 Å². The van der Waals surface area contributed by atoms with Crippen LogP contribution < -0.4 is 19.1 Å². The minimum atomic E-state index is 0.340. The maximum atomic E-state index is 5.55. The predicted molar refractivity (Wildman–Crippen MR) is 108 cm³/mol. The summed E-state index contributed by atoms with van der Waals surface area (Å²) in [6.07, 6.45) is 2.21. The predicted octanol–water partition coefficient (Wildman–Crippen LogP) is 5.17. The summed E-state index contributed by atoms with van der Waals surface area (Å²) < 4.78 is 16.6. The van der Waals surface area contributed by atoms with E-state index in [2.05, 4.69) is 48.2 Å². The largest absolute Gasteiger partial charge is 0.493 e. The molecule has 1 aliphatic heterocycles. The third-order valence-electron chi connectivity index (χ3n) is 4.69. The highest BCUT2D eigenvalue weighted by Gasteiger charge is 2.25. The van der Waals surface area contributed by atoms with Crippen LogP contribution in [0.25, 0.3) is 0 Å². The monoisotopic (exact) mass is 373 g/mol. The number of methoxy groups -OCH3 is 3. The van der Waals surface area contributed by atoms with Gasteiger partial charge in [-0.2, -0.15) is 0 Å². The van der Waals surface area contributed by atoms with E-state index in [-0.39, 0.29) is 0 Å². The number of nitrogens with zero attached hydrogens (tertiary/aromatic N) is 1. The molecule has 1 atom stereocenters.